The molecule has 1 aliphatic rings. The number of carbonyl (C=O) groups excluding carboxylic acids is 3. The number of aliphatic carboxylic acids is 1. The standard InChI is InChI=1S/C30H38N4O7/c1-2-6-23-28(38)32-16-5-8-21-7-3-4-9-26(21)41-18-17-31-25(19-20-10-12-22(35)13-11-20)30(40)34-24(29(39)33-23)14-15-27(36)37/h3-5,7-13,23-25,31,35H,2,6,14-19H2,1H3,(H,32,38)(H,33,39)(H,34,40)(H,36,37)/b8-5+/t23-,24+,25+/m0/s1. The van der Waals surface area contributed by atoms with Gasteiger partial charge in [-0.3, -0.25) is 19.2 Å². The normalized spacial score (nSPS) is 21.6. The van der Waals surface area contributed by atoms with E-state index in [1.54, 1.807) is 18.2 Å². The third-order valence-electron chi connectivity index (χ3n) is 6.54. The number of para-hydroxylation sites is 1. The molecule has 0 spiro atoms. The number of nitrogens with one attached hydrogen (secondary N) is 4. The lowest BCUT2D eigenvalue weighted by atomic mass is 10.0. The van der Waals surface area contributed by atoms with Gasteiger partial charge in [-0.25, -0.2) is 0 Å². The summed E-state index contributed by atoms with van der Waals surface area (Å²) in [6.07, 6.45) is 4.34. The number of hydrogen-bond donors (Lipinski definition) is 6. The van der Waals surface area contributed by atoms with Gasteiger partial charge in [0.1, 0.15) is 30.2 Å². The van der Waals surface area contributed by atoms with E-state index in [2.05, 4.69) is 21.3 Å². The van der Waals surface area contributed by atoms with Crippen LogP contribution in [0.1, 0.15) is 43.7 Å². The second-order valence-corrected chi connectivity index (χ2v) is 9.75. The van der Waals surface area contributed by atoms with Gasteiger partial charge in [0.2, 0.25) is 17.7 Å². The summed E-state index contributed by atoms with van der Waals surface area (Å²) >= 11 is 0. The minimum Gasteiger partial charge on any atom is -0.508 e. The molecule has 3 rings (SSSR count). The summed E-state index contributed by atoms with van der Waals surface area (Å²) < 4.78 is 5.96. The Bertz CT molecular complexity index is 1220. The van der Waals surface area contributed by atoms with Crippen LogP contribution in [0, 0.1) is 0 Å². The Morgan fingerprint density at radius 1 is 0.927 bits per heavy atom. The highest BCUT2D eigenvalue weighted by Crippen LogP contribution is 2.19. The molecule has 0 radical (unpaired) electrons. The van der Waals surface area contributed by atoms with Crippen molar-refractivity contribution >= 4 is 29.8 Å². The van der Waals surface area contributed by atoms with Crippen LogP contribution in [0.5, 0.6) is 11.5 Å². The highest BCUT2D eigenvalue weighted by atomic mass is 16.5. The van der Waals surface area contributed by atoms with Gasteiger partial charge in [-0.1, -0.05) is 55.8 Å². The van der Waals surface area contributed by atoms with E-state index >= 15 is 0 Å². The SMILES string of the molecule is CCC[C@@H]1NC(=O)[C@@H](CCC(=O)O)NC(=O)[C@@H](Cc2ccc(O)cc2)NCCOc2ccccc2/C=C/CNC1=O. The smallest absolute Gasteiger partial charge is 0.303 e. The first-order valence-electron chi connectivity index (χ1n) is 13.8. The molecule has 0 aliphatic carbocycles. The fourth-order valence-corrected chi connectivity index (χ4v) is 4.38. The molecule has 11 nitrogen and oxygen atoms in total. The molecule has 0 fully saturated rings. The monoisotopic (exact) mass is 566 g/mol. The fraction of sp³-hybridized carbons (Fsp3) is 0.400. The first kappa shape index (κ1) is 31.2. The highest BCUT2D eigenvalue weighted by Gasteiger charge is 2.29. The molecule has 0 unspecified atom stereocenters. The summed E-state index contributed by atoms with van der Waals surface area (Å²) in [5.74, 6) is -1.91. The molecule has 1 aliphatic heterocycles. The Morgan fingerprint density at radius 2 is 1.61 bits per heavy atom. The summed E-state index contributed by atoms with van der Waals surface area (Å²) in [5.41, 5.74) is 1.58. The number of carboxylic acid groups (broad SMARTS) is 1. The van der Waals surface area contributed by atoms with Crippen LogP contribution in [-0.4, -0.2) is 71.7 Å². The van der Waals surface area contributed by atoms with Crippen molar-refractivity contribution in [1.29, 1.82) is 0 Å². The minimum absolute atomic E-state index is 0.0908. The number of carboxylic acids is 1. The zero-order chi connectivity index (χ0) is 29.6. The Balaban J connectivity index is 1.89. The zero-order valence-corrected chi connectivity index (χ0v) is 23.1. The number of hydrogen-bond acceptors (Lipinski definition) is 7. The Kier molecular flexibility index (Phi) is 12.2. The van der Waals surface area contributed by atoms with E-state index in [-0.39, 0.29) is 44.1 Å². The topological polar surface area (TPSA) is 166 Å². The van der Waals surface area contributed by atoms with E-state index in [0.29, 0.717) is 25.1 Å². The number of benzene rings is 2. The lowest BCUT2D eigenvalue weighted by Gasteiger charge is -2.25. The Labute approximate surface area is 239 Å². The second kappa shape index (κ2) is 16.0. The number of ether oxygens (including phenoxy) is 1. The number of fused-ring (bicyclic) bond motifs is 1. The molecule has 2 aromatic carbocycles. The fourth-order valence-electron chi connectivity index (χ4n) is 4.38. The van der Waals surface area contributed by atoms with Crippen molar-refractivity contribution in [1.82, 2.24) is 21.3 Å². The molecule has 41 heavy (non-hydrogen) atoms. The van der Waals surface area contributed by atoms with Crippen molar-refractivity contribution in [3.8, 4) is 11.5 Å². The third kappa shape index (κ3) is 10.3. The molecule has 0 aromatic heterocycles. The summed E-state index contributed by atoms with van der Waals surface area (Å²) in [4.78, 5) is 50.9. The molecule has 220 valence electrons. The van der Waals surface area contributed by atoms with E-state index in [1.807, 2.05) is 37.3 Å². The number of phenolic OH excluding ortho intramolecular Hbond substituents is 1. The summed E-state index contributed by atoms with van der Waals surface area (Å²) in [7, 11) is 0. The van der Waals surface area contributed by atoms with Crippen LogP contribution >= 0.6 is 0 Å². The van der Waals surface area contributed by atoms with Crippen molar-refractivity contribution in [2.75, 3.05) is 19.7 Å². The maximum absolute atomic E-state index is 13.5. The first-order chi connectivity index (χ1) is 19.8. The maximum Gasteiger partial charge on any atom is 0.303 e. The predicted molar refractivity (Wildman–Crippen MR) is 153 cm³/mol. The summed E-state index contributed by atoms with van der Waals surface area (Å²) in [6, 6.07) is 11.0. The third-order valence-corrected chi connectivity index (χ3v) is 6.54. The van der Waals surface area contributed by atoms with Crippen LogP contribution in [0.4, 0.5) is 0 Å². The Morgan fingerprint density at radius 3 is 2.32 bits per heavy atom. The van der Waals surface area contributed by atoms with Crippen molar-refractivity contribution in [3.63, 3.8) is 0 Å². The lowest BCUT2D eigenvalue weighted by Crippen LogP contribution is -2.57. The van der Waals surface area contributed by atoms with Gasteiger partial charge in [0.05, 0.1) is 6.04 Å². The van der Waals surface area contributed by atoms with Crippen molar-refractivity contribution in [2.45, 2.75) is 57.2 Å². The van der Waals surface area contributed by atoms with E-state index in [4.69, 9.17) is 4.74 Å². The summed E-state index contributed by atoms with van der Waals surface area (Å²) in [6.45, 7) is 2.64. The van der Waals surface area contributed by atoms with Gasteiger partial charge < -0.3 is 36.2 Å². The molecule has 0 bridgehead atoms. The first-order valence-corrected chi connectivity index (χ1v) is 13.8. The van der Waals surface area contributed by atoms with E-state index in [0.717, 1.165) is 11.1 Å². The average Bonchev–Trinajstić information content (AvgIpc) is 2.95. The van der Waals surface area contributed by atoms with Gasteiger partial charge in [-0.05, 0) is 43.0 Å². The van der Waals surface area contributed by atoms with Crippen LogP contribution in [0.15, 0.2) is 54.6 Å². The van der Waals surface area contributed by atoms with Crippen LogP contribution in [-0.2, 0) is 25.6 Å². The zero-order valence-electron chi connectivity index (χ0n) is 23.1. The number of aromatic hydroxyl groups is 1. The van der Waals surface area contributed by atoms with Gasteiger partial charge in [-0.2, -0.15) is 0 Å². The molecule has 11 heteroatoms. The van der Waals surface area contributed by atoms with Crippen LogP contribution in [0.2, 0.25) is 0 Å². The van der Waals surface area contributed by atoms with Crippen LogP contribution < -0.4 is 26.0 Å². The highest BCUT2D eigenvalue weighted by molar-refractivity contribution is 5.93. The molecule has 6 N–H and O–H groups in total. The van der Waals surface area contributed by atoms with Gasteiger partial charge in [-0.15, -0.1) is 0 Å². The molecule has 0 saturated carbocycles. The van der Waals surface area contributed by atoms with Gasteiger partial charge in [0.15, 0.2) is 0 Å². The summed E-state index contributed by atoms with van der Waals surface area (Å²) in [5, 5.41) is 30.2. The van der Waals surface area contributed by atoms with Gasteiger partial charge >= 0.3 is 5.97 Å². The van der Waals surface area contributed by atoms with Gasteiger partial charge in [0, 0.05) is 25.1 Å². The number of phenols is 1. The molecule has 2 aromatic rings. The second-order valence-electron chi connectivity index (χ2n) is 9.75. The van der Waals surface area contributed by atoms with E-state index in [1.165, 1.54) is 12.1 Å². The molecule has 1 heterocycles. The van der Waals surface area contributed by atoms with Crippen molar-refractivity contribution in [3.05, 3.63) is 65.7 Å². The molecule has 3 amide bonds. The van der Waals surface area contributed by atoms with Crippen LogP contribution in [0.25, 0.3) is 6.08 Å². The minimum atomic E-state index is -1.17. The van der Waals surface area contributed by atoms with Crippen LogP contribution in [0.3, 0.4) is 0 Å². The molecule has 0 saturated heterocycles. The lowest BCUT2D eigenvalue weighted by molar-refractivity contribution is -0.138. The van der Waals surface area contributed by atoms with Crippen molar-refractivity contribution in [2.24, 2.45) is 0 Å². The molecular formula is C30H38N4O7. The maximum atomic E-state index is 13.5. The average molecular weight is 567 g/mol. The quantitative estimate of drug-likeness (QED) is 0.295. The molecular weight excluding hydrogens is 528 g/mol. The Hall–Kier alpha value is -4.38. The van der Waals surface area contributed by atoms with E-state index in [9.17, 15) is 29.4 Å². The largest absolute Gasteiger partial charge is 0.508 e. The number of rotatable bonds is 7. The molecule has 3 atom stereocenters. The van der Waals surface area contributed by atoms with E-state index < -0.39 is 35.9 Å². The number of amides is 3. The van der Waals surface area contributed by atoms with Gasteiger partial charge in [0.25, 0.3) is 0 Å². The number of carbonyl (C=O) groups is 4. The predicted octanol–water partition coefficient (Wildman–Crippen LogP) is 1.75. The van der Waals surface area contributed by atoms with Crippen molar-refractivity contribution < 1.29 is 34.1 Å².